The Kier molecular flexibility index (Phi) is 4.72. The molecule has 0 radical (unpaired) electrons. The average molecular weight is 402 g/mol. The molecule has 1 aliphatic heterocycles. The van der Waals surface area contributed by atoms with Gasteiger partial charge < -0.3 is 4.74 Å². The molecule has 3 heterocycles. The molecule has 0 bridgehead atoms. The van der Waals surface area contributed by atoms with Crippen LogP contribution in [0, 0.1) is 0 Å². The Morgan fingerprint density at radius 2 is 1.96 bits per heavy atom. The maximum Gasteiger partial charge on any atom is 0.330 e. The van der Waals surface area contributed by atoms with Gasteiger partial charge in [-0.1, -0.05) is 0 Å². The number of aryl methyl sites for hydroxylation is 1. The third kappa shape index (κ3) is 2.91. The van der Waals surface area contributed by atoms with Crippen molar-refractivity contribution < 1.29 is 13.2 Å². The first-order valence-corrected chi connectivity index (χ1v) is 10.6. The monoisotopic (exact) mass is 402 g/mol. The van der Waals surface area contributed by atoms with Crippen molar-refractivity contribution in [2.45, 2.75) is 30.8 Å². The van der Waals surface area contributed by atoms with E-state index in [1.54, 1.807) is 33.5 Å². The molecule has 2 aromatic heterocycles. The summed E-state index contributed by atoms with van der Waals surface area (Å²) < 4.78 is 35.8. The normalized spacial score (nSPS) is 18.0. The van der Waals surface area contributed by atoms with Crippen molar-refractivity contribution in [2.75, 3.05) is 20.2 Å². The highest BCUT2D eigenvalue weighted by Crippen LogP contribution is 2.29. The van der Waals surface area contributed by atoms with Crippen LogP contribution in [-0.4, -0.2) is 47.0 Å². The molecule has 3 aromatic rings. The summed E-state index contributed by atoms with van der Waals surface area (Å²) in [5.41, 5.74) is 1.22. The van der Waals surface area contributed by atoms with Crippen LogP contribution in [-0.2, 0) is 16.6 Å². The molecule has 9 heteroatoms. The number of methoxy groups -OCH3 is 1. The van der Waals surface area contributed by atoms with E-state index >= 15 is 0 Å². The van der Waals surface area contributed by atoms with Crippen LogP contribution in [0.15, 0.2) is 52.3 Å². The van der Waals surface area contributed by atoms with E-state index in [0.717, 1.165) is 5.52 Å². The van der Waals surface area contributed by atoms with Gasteiger partial charge in [0, 0.05) is 25.8 Å². The quantitative estimate of drug-likeness (QED) is 0.650. The Hall–Kier alpha value is -2.65. The molecule has 1 aromatic carbocycles. The number of sulfonamides is 1. The van der Waals surface area contributed by atoms with Crippen LogP contribution in [0.25, 0.3) is 11.2 Å². The van der Waals surface area contributed by atoms with E-state index < -0.39 is 10.0 Å². The van der Waals surface area contributed by atoms with Gasteiger partial charge in [-0.3, -0.25) is 9.13 Å². The Morgan fingerprint density at radius 3 is 2.64 bits per heavy atom. The van der Waals surface area contributed by atoms with E-state index in [1.165, 1.54) is 23.5 Å². The average Bonchev–Trinajstić information content (AvgIpc) is 3.30. The number of nitrogens with zero attached hydrogens (tertiary/aromatic N) is 4. The number of benzene rings is 1. The van der Waals surface area contributed by atoms with Crippen molar-refractivity contribution in [2.24, 2.45) is 0 Å². The summed E-state index contributed by atoms with van der Waals surface area (Å²) in [4.78, 5) is 17.5. The van der Waals surface area contributed by atoms with Crippen molar-refractivity contribution in [3.63, 3.8) is 0 Å². The number of ether oxygens (including phenoxy) is 1. The van der Waals surface area contributed by atoms with Gasteiger partial charge in [0.1, 0.15) is 5.75 Å². The first kappa shape index (κ1) is 18.7. The zero-order valence-electron chi connectivity index (χ0n) is 15.8. The van der Waals surface area contributed by atoms with Gasteiger partial charge >= 0.3 is 5.69 Å². The third-order valence-electron chi connectivity index (χ3n) is 5.23. The second-order valence-corrected chi connectivity index (χ2v) is 8.66. The van der Waals surface area contributed by atoms with Crippen LogP contribution in [0.4, 0.5) is 0 Å². The molecule has 0 unspecified atom stereocenters. The van der Waals surface area contributed by atoms with Crippen LogP contribution >= 0.6 is 0 Å². The van der Waals surface area contributed by atoms with Gasteiger partial charge in [-0.15, -0.1) is 0 Å². The fraction of sp³-hybridized carbons (Fsp3) is 0.368. The molecule has 148 valence electrons. The Morgan fingerprint density at radius 1 is 1.21 bits per heavy atom. The van der Waals surface area contributed by atoms with Crippen LogP contribution in [0.5, 0.6) is 5.75 Å². The van der Waals surface area contributed by atoms with Crippen LogP contribution in [0.3, 0.4) is 0 Å². The first-order valence-electron chi connectivity index (χ1n) is 9.17. The molecule has 1 saturated heterocycles. The van der Waals surface area contributed by atoms with Gasteiger partial charge in [0.05, 0.1) is 23.6 Å². The standard InChI is InChI=1S/C19H22N4O4S/c1-3-22-17-5-4-11-20-18(17)23(19(22)24)14-10-12-21(13-14)28(25,26)16-8-6-15(27-2)7-9-16/h4-9,11,14H,3,10,12-13H2,1-2H3/t14-/m1/s1. The predicted octanol–water partition coefficient (Wildman–Crippen LogP) is 1.86. The van der Waals surface area contributed by atoms with E-state index in [9.17, 15) is 13.2 Å². The third-order valence-corrected chi connectivity index (χ3v) is 7.11. The second kappa shape index (κ2) is 7.06. The maximum atomic E-state index is 13.0. The minimum atomic E-state index is -3.63. The molecule has 1 aliphatic rings. The highest BCUT2D eigenvalue weighted by atomic mass is 32.2. The maximum absolute atomic E-state index is 13.0. The smallest absolute Gasteiger partial charge is 0.330 e. The zero-order chi connectivity index (χ0) is 19.9. The molecule has 28 heavy (non-hydrogen) atoms. The summed E-state index contributed by atoms with van der Waals surface area (Å²) in [6.45, 7) is 3.05. The lowest BCUT2D eigenvalue weighted by Crippen LogP contribution is -2.32. The summed E-state index contributed by atoms with van der Waals surface area (Å²) in [7, 11) is -2.10. The molecule has 8 nitrogen and oxygen atoms in total. The van der Waals surface area contributed by atoms with Gasteiger partial charge in [-0.25, -0.2) is 18.2 Å². The van der Waals surface area contributed by atoms with Gasteiger partial charge in [0.2, 0.25) is 10.0 Å². The second-order valence-electron chi connectivity index (χ2n) is 6.72. The molecular formula is C19H22N4O4S. The lowest BCUT2D eigenvalue weighted by Gasteiger charge is -2.17. The first-order chi connectivity index (χ1) is 13.5. The molecule has 1 fully saturated rings. The number of imidazole rings is 1. The topological polar surface area (TPSA) is 86.4 Å². The fourth-order valence-electron chi connectivity index (χ4n) is 3.78. The van der Waals surface area contributed by atoms with E-state index in [0.29, 0.717) is 30.9 Å². The van der Waals surface area contributed by atoms with Crippen molar-refractivity contribution in [3.05, 3.63) is 53.1 Å². The Balaban J connectivity index is 1.67. The SMILES string of the molecule is CCn1c(=O)n([C@@H]2CCN(S(=O)(=O)c3ccc(OC)cc3)C2)c2ncccc21. The number of aromatic nitrogens is 3. The highest BCUT2D eigenvalue weighted by Gasteiger charge is 2.35. The number of hydrogen-bond donors (Lipinski definition) is 0. The van der Waals surface area contributed by atoms with Crippen molar-refractivity contribution in [1.29, 1.82) is 0 Å². The van der Waals surface area contributed by atoms with Crippen LogP contribution in [0.2, 0.25) is 0 Å². The minimum Gasteiger partial charge on any atom is -0.497 e. The van der Waals surface area contributed by atoms with Crippen LogP contribution < -0.4 is 10.4 Å². The fourth-order valence-corrected chi connectivity index (χ4v) is 5.27. The molecule has 1 atom stereocenters. The van der Waals surface area contributed by atoms with Gasteiger partial charge in [0.25, 0.3) is 0 Å². The molecule has 0 saturated carbocycles. The zero-order valence-corrected chi connectivity index (χ0v) is 16.6. The lowest BCUT2D eigenvalue weighted by molar-refractivity contribution is 0.414. The Bertz CT molecular complexity index is 1160. The summed E-state index contributed by atoms with van der Waals surface area (Å²) in [5, 5.41) is 0. The van der Waals surface area contributed by atoms with Gasteiger partial charge in [-0.05, 0) is 49.7 Å². The molecule has 0 amide bonds. The minimum absolute atomic E-state index is 0.148. The van der Waals surface area contributed by atoms with Crippen molar-refractivity contribution in [3.8, 4) is 5.75 Å². The van der Waals surface area contributed by atoms with E-state index in [4.69, 9.17) is 4.74 Å². The molecule has 0 N–H and O–H groups in total. The molecular weight excluding hydrogens is 380 g/mol. The van der Waals surface area contributed by atoms with Crippen LogP contribution in [0.1, 0.15) is 19.4 Å². The van der Waals surface area contributed by atoms with Crippen molar-refractivity contribution in [1.82, 2.24) is 18.4 Å². The lowest BCUT2D eigenvalue weighted by atomic mass is 10.2. The van der Waals surface area contributed by atoms with Crippen molar-refractivity contribution >= 4 is 21.2 Å². The summed E-state index contributed by atoms with van der Waals surface area (Å²) in [6, 6.07) is 9.76. The van der Waals surface area contributed by atoms with E-state index in [2.05, 4.69) is 4.98 Å². The number of pyridine rings is 1. The Labute approximate surface area is 163 Å². The highest BCUT2D eigenvalue weighted by molar-refractivity contribution is 7.89. The number of fused-ring (bicyclic) bond motifs is 1. The van der Waals surface area contributed by atoms with Gasteiger partial charge in [-0.2, -0.15) is 4.31 Å². The predicted molar refractivity (Wildman–Crippen MR) is 105 cm³/mol. The summed E-state index contributed by atoms with van der Waals surface area (Å²) >= 11 is 0. The number of rotatable bonds is 5. The summed E-state index contributed by atoms with van der Waals surface area (Å²) in [6.07, 6.45) is 2.22. The molecule has 4 rings (SSSR count). The molecule has 0 spiro atoms. The summed E-state index contributed by atoms with van der Waals surface area (Å²) in [5.74, 6) is 0.600. The van der Waals surface area contributed by atoms with Gasteiger partial charge in [0.15, 0.2) is 5.65 Å². The van der Waals surface area contributed by atoms with E-state index in [1.807, 2.05) is 13.0 Å². The number of hydrogen-bond acceptors (Lipinski definition) is 5. The largest absolute Gasteiger partial charge is 0.497 e. The van der Waals surface area contributed by atoms with E-state index in [-0.39, 0.29) is 23.2 Å². The molecule has 0 aliphatic carbocycles.